The number of anilines is 1. The molecule has 160 valence electrons. The molecule has 29 heavy (non-hydrogen) atoms. The van der Waals surface area contributed by atoms with Gasteiger partial charge in [0, 0.05) is 24.7 Å². The lowest BCUT2D eigenvalue weighted by Gasteiger charge is -2.40. The summed E-state index contributed by atoms with van der Waals surface area (Å²) in [5.41, 5.74) is 0.671. The molecule has 0 spiro atoms. The summed E-state index contributed by atoms with van der Waals surface area (Å²) in [5.74, 6) is 0.817. The van der Waals surface area contributed by atoms with E-state index in [0.717, 1.165) is 31.7 Å². The molecule has 3 aliphatic rings. The fourth-order valence-electron chi connectivity index (χ4n) is 5.46. The van der Waals surface area contributed by atoms with Crippen LogP contribution >= 0.6 is 0 Å². The second-order valence-corrected chi connectivity index (χ2v) is 10.9. The summed E-state index contributed by atoms with van der Waals surface area (Å²) in [4.78, 5) is 14.4. The molecule has 1 aliphatic carbocycles. The van der Waals surface area contributed by atoms with Crippen molar-refractivity contribution in [3.63, 3.8) is 0 Å². The molecule has 1 saturated carbocycles. The molecule has 1 aromatic carbocycles. The highest BCUT2D eigenvalue weighted by Crippen LogP contribution is 2.28. The topological polar surface area (TPSA) is 70.9 Å². The zero-order valence-electron chi connectivity index (χ0n) is 17.2. The fourth-order valence-corrected chi connectivity index (χ4v) is 6.98. The van der Waals surface area contributed by atoms with E-state index in [1.807, 2.05) is 0 Å². The summed E-state index contributed by atoms with van der Waals surface area (Å²) in [6.07, 6.45) is 10.7. The van der Waals surface area contributed by atoms with Crippen molar-refractivity contribution >= 4 is 21.6 Å². The second kappa shape index (κ2) is 9.14. The fraction of sp³-hybridized carbons (Fsp3) is 0.682. The van der Waals surface area contributed by atoms with Gasteiger partial charge in [0.15, 0.2) is 6.54 Å². The van der Waals surface area contributed by atoms with E-state index in [9.17, 15) is 13.2 Å². The highest BCUT2D eigenvalue weighted by molar-refractivity contribution is 7.89. The first-order valence-corrected chi connectivity index (χ1v) is 12.7. The molecule has 2 N–H and O–H groups in total. The Balaban J connectivity index is 1.35. The van der Waals surface area contributed by atoms with Crippen molar-refractivity contribution in [1.82, 2.24) is 4.31 Å². The third-order valence-corrected chi connectivity index (χ3v) is 8.90. The van der Waals surface area contributed by atoms with E-state index in [4.69, 9.17) is 0 Å². The Bertz CT molecular complexity index is 801. The molecule has 2 heterocycles. The van der Waals surface area contributed by atoms with Gasteiger partial charge in [-0.25, -0.2) is 8.42 Å². The number of sulfonamides is 1. The van der Waals surface area contributed by atoms with Crippen LogP contribution in [0.3, 0.4) is 0 Å². The van der Waals surface area contributed by atoms with Gasteiger partial charge in [-0.05, 0) is 69.2 Å². The van der Waals surface area contributed by atoms with Crippen LogP contribution in [-0.2, 0) is 14.8 Å². The molecule has 2 saturated heterocycles. The third kappa shape index (κ3) is 4.84. The number of benzene rings is 1. The second-order valence-electron chi connectivity index (χ2n) is 8.92. The summed E-state index contributed by atoms with van der Waals surface area (Å²) in [5, 5.41) is 2.97. The van der Waals surface area contributed by atoms with Crippen molar-refractivity contribution in [2.24, 2.45) is 5.92 Å². The molecule has 3 atom stereocenters. The van der Waals surface area contributed by atoms with Gasteiger partial charge < -0.3 is 10.2 Å². The average Bonchev–Trinajstić information content (AvgIpc) is 2.75. The number of nitrogens with one attached hydrogen (secondary N) is 2. The minimum absolute atomic E-state index is 0.0258. The molecule has 0 bridgehead atoms. The lowest BCUT2D eigenvalue weighted by Crippen LogP contribution is -3.18. The van der Waals surface area contributed by atoms with Crippen LogP contribution in [0.15, 0.2) is 29.2 Å². The smallest absolute Gasteiger partial charge is 0.279 e. The first-order valence-electron chi connectivity index (χ1n) is 11.3. The Labute approximate surface area is 174 Å². The Morgan fingerprint density at radius 1 is 0.966 bits per heavy atom. The number of carbonyl (C=O) groups excluding carboxylic acids is 1. The summed E-state index contributed by atoms with van der Waals surface area (Å²) in [6.45, 7) is 2.79. The number of rotatable bonds is 5. The van der Waals surface area contributed by atoms with E-state index in [-0.39, 0.29) is 5.91 Å². The average molecular weight is 421 g/mol. The lowest BCUT2D eigenvalue weighted by molar-refractivity contribution is -0.928. The minimum atomic E-state index is -3.43. The summed E-state index contributed by atoms with van der Waals surface area (Å²) in [6, 6.07) is 7.29. The largest absolute Gasteiger partial charge is 0.324 e. The molecule has 1 aromatic rings. The Hall–Kier alpha value is -1.44. The van der Waals surface area contributed by atoms with Crippen molar-refractivity contribution in [1.29, 1.82) is 0 Å². The summed E-state index contributed by atoms with van der Waals surface area (Å²) < 4.78 is 27.1. The van der Waals surface area contributed by atoms with Crippen molar-refractivity contribution in [2.75, 3.05) is 31.5 Å². The normalized spacial score (nSPS) is 28.5. The van der Waals surface area contributed by atoms with Crippen molar-refractivity contribution in [2.45, 2.75) is 68.7 Å². The van der Waals surface area contributed by atoms with Crippen LogP contribution in [0, 0.1) is 5.92 Å². The summed E-state index contributed by atoms with van der Waals surface area (Å²) >= 11 is 0. The van der Waals surface area contributed by atoms with Crippen LogP contribution in [0.25, 0.3) is 0 Å². The van der Waals surface area contributed by atoms with Gasteiger partial charge in [0.2, 0.25) is 10.0 Å². The number of quaternary nitrogens is 1. The monoisotopic (exact) mass is 420 g/mol. The van der Waals surface area contributed by atoms with Crippen molar-refractivity contribution < 1.29 is 18.1 Å². The van der Waals surface area contributed by atoms with E-state index in [1.54, 1.807) is 28.6 Å². The highest BCUT2D eigenvalue weighted by Gasteiger charge is 2.37. The predicted octanol–water partition coefficient (Wildman–Crippen LogP) is 2.04. The Morgan fingerprint density at radius 2 is 1.66 bits per heavy atom. The van der Waals surface area contributed by atoms with Crippen LogP contribution in [0.2, 0.25) is 0 Å². The number of amides is 1. The van der Waals surface area contributed by atoms with Crippen LogP contribution in [0.4, 0.5) is 5.69 Å². The van der Waals surface area contributed by atoms with E-state index in [1.165, 1.54) is 43.4 Å². The van der Waals surface area contributed by atoms with E-state index >= 15 is 0 Å². The number of piperidine rings is 2. The molecule has 6 nitrogen and oxygen atoms in total. The maximum Gasteiger partial charge on any atom is 0.279 e. The molecule has 3 fully saturated rings. The van der Waals surface area contributed by atoms with Gasteiger partial charge in [-0.15, -0.1) is 0 Å². The molecular formula is C22H34N3O3S+. The molecule has 0 radical (unpaired) electrons. The quantitative estimate of drug-likeness (QED) is 0.766. The number of hydrogen-bond donors (Lipinski definition) is 2. The van der Waals surface area contributed by atoms with Gasteiger partial charge in [-0.2, -0.15) is 4.31 Å². The molecular weight excluding hydrogens is 386 g/mol. The SMILES string of the molecule is O=C(C[NH+]1CCC[C@H]2CCCC[C@@H]21)Nc1ccc(S(=O)(=O)N2CCCCC2)cc1. The van der Waals surface area contributed by atoms with E-state index in [2.05, 4.69) is 5.32 Å². The number of fused-ring (bicyclic) bond motifs is 1. The zero-order valence-corrected chi connectivity index (χ0v) is 18.1. The highest BCUT2D eigenvalue weighted by atomic mass is 32.2. The number of likely N-dealkylation sites (tertiary alicyclic amines) is 1. The molecule has 1 amide bonds. The number of carbonyl (C=O) groups is 1. The van der Waals surface area contributed by atoms with Crippen LogP contribution in [0.5, 0.6) is 0 Å². The predicted molar refractivity (Wildman–Crippen MR) is 113 cm³/mol. The van der Waals surface area contributed by atoms with Gasteiger partial charge in [-0.1, -0.05) is 12.8 Å². The lowest BCUT2D eigenvalue weighted by atomic mass is 9.78. The van der Waals surface area contributed by atoms with Crippen LogP contribution < -0.4 is 10.2 Å². The van der Waals surface area contributed by atoms with Crippen molar-refractivity contribution in [3.8, 4) is 0 Å². The third-order valence-electron chi connectivity index (χ3n) is 6.98. The van der Waals surface area contributed by atoms with Crippen LogP contribution in [-0.4, -0.2) is 50.9 Å². The standard InChI is InChI=1S/C22H33N3O3S/c26-22(17-24-14-6-8-18-7-2-3-9-21(18)24)23-19-10-12-20(13-11-19)29(27,28)25-15-4-1-5-16-25/h10-13,18,21H,1-9,14-17H2,(H,23,26)/p+1/t18-,21+/m1/s1. The maximum absolute atomic E-state index is 12.8. The van der Waals surface area contributed by atoms with Gasteiger partial charge in [0.05, 0.1) is 17.5 Å². The maximum atomic E-state index is 12.8. The first-order chi connectivity index (χ1) is 14.0. The number of hydrogen-bond acceptors (Lipinski definition) is 3. The molecule has 1 unspecified atom stereocenters. The van der Waals surface area contributed by atoms with Gasteiger partial charge in [0.1, 0.15) is 0 Å². The van der Waals surface area contributed by atoms with Gasteiger partial charge in [-0.3, -0.25) is 4.79 Å². The van der Waals surface area contributed by atoms with Crippen LogP contribution in [0.1, 0.15) is 57.8 Å². The Kier molecular flexibility index (Phi) is 6.56. The minimum Gasteiger partial charge on any atom is -0.324 e. The zero-order chi connectivity index (χ0) is 20.3. The van der Waals surface area contributed by atoms with Gasteiger partial charge >= 0.3 is 0 Å². The first kappa shape index (κ1) is 20.8. The molecule has 4 rings (SSSR count). The summed E-state index contributed by atoms with van der Waals surface area (Å²) in [7, 11) is -3.43. The van der Waals surface area contributed by atoms with Gasteiger partial charge in [0.25, 0.3) is 5.91 Å². The number of nitrogens with zero attached hydrogens (tertiary/aromatic N) is 1. The molecule has 2 aliphatic heterocycles. The van der Waals surface area contributed by atoms with E-state index < -0.39 is 10.0 Å². The van der Waals surface area contributed by atoms with E-state index in [0.29, 0.717) is 36.3 Å². The molecule has 7 heteroatoms. The Morgan fingerprint density at radius 3 is 2.41 bits per heavy atom. The molecule has 0 aromatic heterocycles. The van der Waals surface area contributed by atoms with Crippen molar-refractivity contribution in [3.05, 3.63) is 24.3 Å².